The van der Waals surface area contributed by atoms with Crippen molar-refractivity contribution in [3.63, 3.8) is 0 Å². The van der Waals surface area contributed by atoms with Gasteiger partial charge in [0.15, 0.2) is 5.82 Å². The van der Waals surface area contributed by atoms with Crippen LogP contribution in [0.1, 0.15) is 12.8 Å². The molecule has 0 atom stereocenters. The van der Waals surface area contributed by atoms with E-state index in [1.807, 2.05) is 6.92 Å². The van der Waals surface area contributed by atoms with Gasteiger partial charge in [0, 0.05) is 12.4 Å². The first-order valence-corrected chi connectivity index (χ1v) is 4.43. The molecular weight excluding hydrogens is 182 g/mol. The first kappa shape index (κ1) is 8.89. The fourth-order valence-electron chi connectivity index (χ4n) is 1.04. The molecule has 2 rings (SSSR count). The lowest BCUT2D eigenvalue weighted by Crippen LogP contribution is -2.11. The maximum atomic E-state index is 5.01. The van der Waals surface area contributed by atoms with Crippen molar-refractivity contribution in [3.8, 4) is 11.6 Å². The van der Waals surface area contributed by atoms with Crippen LogP contribution in [0, 0.1) is 0 Å². The molecule has 0 aliphatic carbocycles. The molecule has 2 aromatic heterocycles. The van der Waals surface area contributed by atoms with Crippen molar-refractivity contribution in [1.29, 1.82) is 0 Å². The number of aromatic amines is 1. The Morgan fingerprint density at radius 2 is 2.50 bits per heavy atom. The van der Waals surface area contributed by atoms with Crippen LogP contribution in [-0.4, -0.2) is 26.7 Å². The molecule has 0 aromatic carbocycles. The molecule has 0 unspecified atom stereocenters. The monoisotopic (exact) mass is 193 g/mol. The molecule has 0 aliphatic rings. The summed E-state index contributed by atoms with van der Waals surface area (Å²) < 4.78 is 5.01. The van der Waals surface area contributed by atoms with E-state index in [9.17, 15) is 0 Å². The smallest absolute Gasteiger partial charge is 0.241 e. The van der Waals surface area contributed by atoms with Crippen LogP contribution in [0.25, 0.3) is 11.6 Å². The Balaban J connectivity index is 2.10. The Morgan fingerprint density at radius 1 is 1.57 bits per heavy atom. The van der Waals surface area contributed by atoms with Gasteiger partial charge < -0.3 is 14.8 Å². The summed E-state index contributed by atoms with van der Waals surface area (Å²) >= 11 is 0. The van der Waals surface area contributed by atoms with Crippen LogP contribution >= 0.6 is 0 Å². The number of hydrogen-bond acceptors (Lipinski definition) is 5. The molecule has 0 bridgehead atoms. The Bertz CT molecular complexity index is 380. The zero-order chi connectivity index (χ0) is 9.80. The quantitative estimate of drug-likeness (QED) is 0.742. The number of hydrogen-bond donors (Lipinski definition) is 2. The predicted molar refractivity (Wildman–Crippen MR) is 49.3 cm³/mol. The maximum Gasteiger partial charge on any atom is 0.241 e. The summed E-state index contributed by atoms with van der Waals surface area (Å²) in [7, 11) is 0. The van der Waals surface area contributed by atoms with Crippen LogP contribution in [0.2, 0.25) is 0 Å². The van der Waals surface area contributed by atoms with Crippen molar-refractivity contribution < 1.29 is 4.52 Å². The maximum absolute atomic E-state index is 5.01. The summed E-state index contributed by atoms with van der Waals surface area (Å²) in [5.74, 6) is 1.68. The van der Waals surface area contributed by atoms with E-state index in [2.05, 4.69) is 25.4 Å². The van der Waals surface area contributed by atoms with Gasteiger partial charge in [0.05, 0.1) is 6.54 Å². The minimum Gasteiger partial charge on any atom is -0.342 e. The van der Waals surface area contributed by atoms with Gasteiger partial charge in [-0.15, -0.1) is 0 Å². The number of aromatic nitrogens is 4. The summed E-state index contributed by atoms with van der Waals surface area (Å²) in [6.45, 7) is 3.48. The third-order valence-electron chi connectivity index (χ3n) is 1.70. The molecule has 0 saturated carbocycles. The molecule has 0 spiro atoms. The van der Waals surface area contributed by atoms with Crippen molar-refractivity contribution in [3.05, 3.63) is 18.3 Å². The van der Waals surface area contributed by atoms with Crippen molar-refractivity contribution in [1.82, 2.24) is 25.4 Å². The number of imidazole rings is 1. The molecule has 0 radical (unpaired) electrons. The van der Waals surface area contributed by atoms with Gasteiger partial charge in [-0.05, 0) is 6.54 Å². The highest BCUT2D eigenvalue weighted by atomic mass is 16.5. The van der Waals surface area contributed by atoms with Gasteiger partial charge in [0.1, 0.15) is 0 Å². The summed E-state index contributed by atoms with van der Waals surface area (Å²) in [4.78, 5) is 11.1. The molecule has 0 amide bonds. The van der Waals surface area contributed by atoms with Crippen LogP contribution in [0.5, 0.6) is 0 Å². The third-order valence-corrected chi connectivity index (χ3v) is 1.70. The molecule has 74 valence electrons. The van der Waals surface area contributed by atoms with Gasteiger partial charge >= 0.3 is 0 Å². The molecule has 0 saturated heterocycles. The van der Waals surface area contributed by atoms with Crippen LogP contribution in [0.4, 0.5) is 0 Å². The SMILES string of the molecule is CCNCc1nc(-c2ncc[nH]2)no1. The molecule has 14 heavy (non-hydrogen) atoms. The van der Waals surface area contributed by atoms with Gasteiger partial charge in [-0.3, -0.25) is 0 Å². The lowest BCUT2D eigenvalue weighted by molar-refractivity contribution is 0.369. The number of H-pyrrole nitrogens is 1. The highest BCUT2D eigenvalue weighted by Crippen LogP contribution is 2.08. The van der Waals surface area contributed by atoms with E-state index in [-0.39, 0.29) is 0 Å². The average molecular weight is 193 g/mol. The summed E-state index contributed by atoms with van der Waals surface area (Å²) in [5.41, 5.74) is 0. The number of nitrogens with one attached hydrogen (secondary N) is 2. The van der Waals surface area contributed by atoms with Crippen LogP contribution in [0.3, 0.4) is 0 Å². The fourth-order valence-corrected chi connectivity index (χ4v) is 1.04. The number of nitrogens with zero attached hydrogens (tertiary/aromatic N) is 3. The van der Waals surface area contributed by atoms with E-state index in [0.29, 0.717) is 24.1 Å². The third kappa shape index (κ3) is 1.80. The first-order valence-electron chi connectivity index (χ1n) is 4.43. The minimum atomic E-state index is 0.489. The van der Waals surface area contributed by atoms with Crippen LogP contribution < -0.4 is 5.32 Å². The Hall–Kier alpha value is -1.69. The number of rotatable bonds is 4. The standard InChI is InChI=1S/C8H11N5O/c1-2-9-5-6-12-8(13-14-6)7-10-3-4-11-7/h3-4,9H,2,5H2,1H3,(H,10,11). The molecular formula is C8H11N5O. The first-order chi connectivity index (χ1) is 6.90. The topological polar surface area (TPSA) is 79.6 Å². The van der Waals surface area contributed by atoms with Gasteiger partial charge in [0.2, 0.25) is 11.7 Å². The van der Waals surface area contributed by atoms with E-state index >= 15 is 0 Å². The van der Waals surface area contributed by atoms with E-state index < -0.39 is 0 Å². The van der Waals surface area contributed by atoms with Gasteiger partial charge in [-0.2, -0.15) is 4.98 Å². The minimum absolute atomic E-state index is 0.489. The van der Waals surface area contributed by atoms with Crippen molar-refractivity contribution >= 4 is 0 Å². The van der Waals surface area contributed by atoms with Gasteiger partial charge in [0.25, 0.3) is 0 Å². The summed E-state index contributed by atoms with van der Waals surface area (Å²) in [6.07, 6.45) is 3.37. The highest BCUT2D eigenvalue weighted by molar-refractivity contribution is 5.40. The fraction of sp³-hybridized carbons (Fsp3) is 0.375. The molecule has 2 heterocycles. The largest absolute Gasteiger partial charge is 0.342 e. The van der Waals surface area contributed by atoms with Crippen molar-refractivity contribution in [2.24, 2.45) is 0 Å². The Kier molecular flexibility index (Phi) is 2.55. The zero-order valence-electron chi connectivity index (χ0n) is 7.82. The summed E-state index contributed by atoms with van der Waals surface area (Å²) in [5, 5.41) is 6.89. The average Bonchev–Trinajstić information content (AvgIpc) is 2.85. The molecule has 6 nitrogen and oxygen atoms in total. The normalized spacial score (nSPS) is 10.6. The molecule has 0 aliphatic heterocycles. The second-order valence-corrected chi connectivity index (χ2v) is 2.73. The molecule has 2 N–H and O–H groups in total. The van der Waals surface area contributed by atoms with Gasteiger partial charge in [-0.25, -0.2) is 4.98 Å². The highest BCUT2D eigenvalue weighted by Gasteiger charge is 2.08. The molecule has 0 fully saturated rings. The van der Waals surface area contributed by atoms with E-state index in [4.69, 9.17) is 4.52 Å². The van der Waals surface area contributed by atoms with Crippen LogP contribution in [0.15, 0.2) is 16.9 Å². The van der Waals surface area contributed by atoms with E-state index in [1.54, 1.807) is 12.4 Å². The van der Waals surface area contributed by atoms with Crippen molar-refractivity contribution in [2.45, 2.75) is 13.5 Å². The predicted octanol–water partition coefficient (Wildman–Crippen LogP) is 0.569. The lowest BCUT2D eigenvalue weighted by atomic mass is 10.5. The molecule has 2 aromatic rings. The van der Waals surface area contributed by atoms with Gasteiger partial charge in [-0.1, -0.05) is 12.1 Å². The Morgan fingerprint density at radius 3 is 3.21 bits per heavy atom. The Labute approximate surface area is 80.7 Å². The summed E-state index contributed by atoms with van der Waals surface area (Å²) in [6, 6.07) is 0. The second-order valence-electron chi connectivity index (χ2n) is 2.73. The zero-order valence-corrected chi connectivity index (χ0v) is 7.82. The second kappa shape index (κ2) is 4.01. The lowest BCUT2D eigenvalue weighted by Gasteiger charge is -1.91. The van der Waals surface area contributed by atoms with E-state index in [0.717, 1.165) is 6.54 Å². The molecule has 6 heteroatoms. The van der Waals surface area contributed by atoms with Crippen LogP contribution in [-0.2, 0) is 6.54 Å². The van der Waals surface area contributed by atoms with E-state index in [1.165, 1.54) is 0 Å². The van der Waals surface area contributed by atoms with Crippen molar-refractivity contribution in [2.75, 3.05) is 6.54 Å².